The molecule has 0 saturated heterocycles. The molecule has 0 aliphatic heterocycles. The fourth-order valence-electron chi connectivity index (χ4n) is 3.81. The molecule has 7 nitrogen and oxygen atoms in total. The maximum absolute atomic E-state index is 13.6. The molecule has 4 aromatic rings. The fourth-order valence-corrected chi connectivity index (χ4v) is 5.24. The van der Waals surface area contributed by atoms with Crippen molar-refractivity contribution in [1.29, 1.82) is 0 Å². The number of amides is 1. The number of benzene rings is 4. The summed E-state index contributed by atoms with van der Waals surface area (Å²) in [5, 5.41) is 2.79. The molecule has 1 amide bonds. The molecular weight excluding hydrogens is 519 g/mol. The average molecular weight is 549 g/mol. The van der Waals surface area contributed by atoms with E-state index in [4.69, 9.17) is 9.47 Å². The zero-order valence-electron chi connectivity index (χ0n) is 21.6. The van der Waals surface area contributed by atoms with Gasteiger partial charge in [-0.3, -0.25) is 9.10 Å². The van der Waals surface area contributed by atoms with Crippen LogP contribution in [-0.4, -0.2) is 28.0 Å². The lowest BCUT2D eigenvalue weighted by atomic mass is 10.2. The number of anilines is 1. The molecule has 9 heteroatoms. The molecule has 0 fully saturated rings. The highest BCUT2D eigenvalue weighted by atomic mass is 32.2. The first kappa shape index (κ1) is 27.7. The zero-order chi connectivity index (χ0) is 27.8. The van der Waals surface area contributed by atoms with Crippen LogP contribution < -0.4 is 19.1 Å². The van der Waals surface area contributed by atoms with Gasteiger partial charge in [0.1, 0.15) is 30.5 Å². The minimum absolute atomic E-state index is 0.0723. The average Bonchev–Trinajstić information content (AvgIpc) is 2.95. The lowest BCUT2D eigenvalue weighted by Gasteiger charge is -2.25. The molecule has 0 radical (unpaired) electrons. The molecule has 0 atom stereocenters. The molecule has 39 heavy (non-hydrogen) atoms. The third-order valence-corrected chi connectivity index (χ3v) is 7.76. The van der Waals surface area contributed by atoms with Crippen molar-refractivity contribution >= 4 is 21.6 Å². The number of hydrogen-bond donors (Lipinski definition) is 1. The first-order chi connectivity index (χ1) is 18.8. The Bertz CT molecular complexity index is 1510. The van der Waals surface area contributed by atoms with Gasteiger partial charge < -0.3 is 14.8 Å². The molecule has 1 N–H and O–H groups in total. The van der Waals surface area contributed by atoms with Gasteiger partial charge in [-0.25, -0.2) is 12.8 Å². The Morgan fingerprint density at radius 3 is 2.18 bits per heavy atom. The summed E-state index contributed by atoms with van der Waals surface area (Å²) < 4.78 is 52.4. The van der Waals surface area contributed by atoms with Crippen molar-refractivity contribution < 1.29 is 27.1 Å². The Morgan fingerprint density at radius 2 is 1.51 bits per heavy atom. The number of hydrogen-bond acceptors (Lipinski definition) is 5. The van der Waals surface area contributed by atoms with Crippen molar-refractivity contribution in [2.75, 3.05) is 18.0 Å². The van der Waals surface area contributed by atoms with Gasteiger partial charge in [0.2, 0.25) is 5.91 Å². The fraction of sp³-hybridized carbons (Fsp3) is 0.167. The second kappa shape index (κ2) is 12.4. The van der Waals surface area contributed by atoms with Crippen molar-refractivity contribution in [3.05, 3.63) is 120 Å². The third-order valence-electron chi connectivity index (χ3n) is 5.98. The summed E-state index contributed by atoms with van der Waals surface area (Å²) in [6.45, 7) is 1.92. The predicted molar refractivity (Wildman–Crippen MR) is 148 cm³/mol. The van der Waals surface area contributed by atoms with E-state index in [-0.39, 0.29) is 22.9 Å². The SMILES string of the molecule is COc1ccccc1N(CC(=O)NCc1ccc(OCc2ccc(F)cc2)cc1)S(=O)(=O)c1ccc(C)cc1. The molecule has 4 rings (SSSR count). The van der Waals surface area contributed by atoms with Crippen molar-refractivity contribution in [2.24, 2.45) is 0 Å². The topological polar surface area (TPSA) is 84.9 Å². The van der Waals surface area contributed by atoms with Crippen molar-refractivity contribution in [1.82, 2.24) is 5.32 Å². The van der Waals surface area contributed by atoms with Crippen LogP contribution in [0.4, 0.5) is 10.1 Å². The van der Waals surface area contributed by atoms with Crippen LogP contribution in [0, 0.1) is 12.7 Å². The summed E-state index contributed by atoms with van der Waals surface area (Å²) in [6, 6.07) is 26.4. The molecule has 4 aromatic carbocycles. The molecule has 0 bridgehead atoms. The maximum atomic E-state index is 13.6. The van der Waals surface area contributed by atoms with Gasteiger partial charge in [-0.05, 0) is 66.6 Å². The lowest BCUT2D eigenvalue weighted by molar-refractivity contribution is -0.119. The first-order valence-electron chi connectivity index (χ1n) is 12.2. The summed E-state index contributed by atoms with van der Waals surface area (Å²) in [4.78, 5) is 13.0. The van der Waals surface area contributed by atoms with E-state index in [1.54, 1.807) is 72.8 Å². The van der Waals surface area contributed by atoms with Gasteiger partial charge >= 0.3 is 0 Å². The second-order valence-corrected chi connectivity index (χ2v) is 10.7. The van der Waals surface area contributed by atoms with Gasteiger partial charge in [0, 0.05) is 6.54 Å². The molecule has 0 spiro atoms. The summed E-state index contributed by atoms with van der Waals surface area (Å²) >= 11 is 0. The van der Waals surface area contributed by atoms with E-state index in [0.717, 1.165) is 21.0 Å². The number of carbonyl (C=O) groups is 1. The van der Waals surface area contributed by atoms with E-state index in [9.17, 15) is 17.6 Å². The number of sulfonamides is 1. The van der Waals surface area contributed by atoms with E-state index in [2.05, 4.69) is 5.32 Å². The van der Waals surface area contributed by atoms with Crippen molar-refractivity contribution in [2.45, 2.75) is 25.0 Å². The monoisotopic (exact) mass is 548 g/mol. The van der Waals surface area contributed by atoms with Gasteiger partial charge in [-0.2, -0.15) is 0 Å². The number of rotatable bonds is 11. The highest BCUT2D eigenvalue weighted by molar-refractivity contribution is 7.92. The van der Waals surface area contributed by atoms with E-state index in [1.807, 2.05) is 6.92 Å². The van der Waals surface area contributed by atoms with Gasteiger partial charge in [-0.15, -0.1) is 0 Å². The van der Waals surface area contributed by atoms with Crippen LogP contribution in [0.15, 0.2) is 102 Å². The van der Waals surface area contributed by atoms with E-state index in [0.29, 0.717) is 18.1 Å². The Labute approximate surface area is 227 Å². The number of aryl methyl sites for hydroxylation is 1. The van der Waals surface area contributed by atoms with Gasteiger partial charge in [0.15, 0.2) is 0 Å². The van der Waals surface area contributed by atoms with E-state index in [1.165, 1.54) is 31.4 Å². The summed E-state index contributed by atoms with van der Waals surface area (Å²) in [6.07, 6.45) is 0. The Morgan fingerprint density at radius 1 is 0.872 bits per heavy atom. The Hall–Kier alpha value is -4.37. The largest absolute Gasteiger partial charge is 0.495 e. The minimum Gasteiger partial charge on any atom is -0.495 e. The molecular formula is C30H29FN2O5S. The summed E-state index contributed by atoms with van der Waals surface area (Å²) in [5.74, 6) is 0.176. The normalized spacial score (nSPS) is 11.1. The van der Waals surface area contributed by atoms with E-state index < -0.39 is 22.5 Å². The number of para-hydroxylation sites is 2. The van der Waals surface area contributed by atoms with Gasteiger partial charge in [0.05, 0.1) is 17.7 Å². The van der Waals surface area contributed by atoms with Crippen LogP contribution in [0.3, 0.4) is 0 Å². The number of carbonyl (C=O) groups excluding carboxylic acids is 1. The third kappa shape index (κ3) is 7.14. The molecule has 0 aliphatic carbocycles. The quantitative estimate of drug-likeness (QED) is 0.277. The standard InChI is InChI=1S/C30H29FN2O5S/c1-22-7-17-27(18-8-22)39(35,36)33(28-5-3-4-6-29(28)37-2)20-30(34)32-19-23-11-15-26(16-12-23)38-21-24-9-13-25(31)14-10-24/h3-18H,19-21H2,1-2H3,(H,32,34). The number of methoxy groups -OCH3 is 1. The Kier molecular flexibility index (Phi) is 8.83. The number of halogens is 1. The highest BCUT2D eigenvalue weighted by Gasteiger charge is 2.29. The number of nitrogens with one attached hydrogen (secondary N) is 1. The molecule has 0 aliphatic rings. The zero-order valence-corrected chi connectivity index (χ0v) is 22.5. The number of ether oxygens (including phenoxy) is 2. The summed E-state index contributed by atoms with van der Waals surface area (Å²) in [5.41, 5.74) is 2.83. The van der Waals surface area contributed by atoms with Crippen molar-refractivity contribution in [3.8, 4) is 11.5 Å². The van der Waals surface area contributed by atoms with Crippen LogP contribution in [0.25, 0.3) is 0 Å². The summed E-state index contributed by atoms with van der Waals surface area (Å²) in [7, 11) is -2.62. The van der Waals surface area contributed by atoms with Crippen LogP contribution in [0.2, 0.25) is 0 Å². The molecule has 0 unspecified atom stereocenters. The molecule has 0 heterocycles. The minimum atomic E-state index is -4.06. The molecule has 202 valence electrons. The Balaban J connectivity index is 1.43. The van der Waals surface area contributed by atoms with E-state index >= 15 is 0 Å². The lowest BCUT2D eigenvalue weighted by Crippen LogP contribution is -2.40. The molecule has 0 saturated carbocycles. The van der Waals surface area contributed by atoms with Crippen molar-refractivity contribution in [3.63, 3.8) is 0 Å². The van der Waals surface area contributed by atoms with Gasteiger partial charge in [-0.1, -0.05) is 54.1 Å². The maximum Gasteiger partial charge on any atom is 0.264 e. The highest BCUT2D eigenvalue weighted by Crippen LogP contribution is 2.32. The van der Waals surface area contributed by atoms with Crippen LogP contribution in [0.5, 0.6) is 11.5 Å². The number of nitrogens with zero attached hydrogens (tertiary/aromatic N) is 1. The van der Waals surface area contributed by atoms with Crippen LogP contribution >= 0.6 is 0 Å². The smallest absolute Gasteiger partial charge is 0.264 e. The molecule has 0 aromatic heterocycles. The van der Waals surface area contributed by atoms with Crippen LogP contribution in [0.1, 0.15) is 16.7 Å². The van der Waals surface area contributed by atoms with Gasteiger partial charge in [0.25, 0.3) is 10.0 Å². The first-order valence-corrected chi connectivity index (χ1v) is 13.7. The second-order valence-electron chi connectivity index (χ2n) is 8.83. The predicted octanol–water partition coefficient (Wildman–Crippen LogP) is 5.23. The van der Waals surface area contributed by atoms with Crippen LogP contribution in [-0.2, 0) is 28.0 Å².